The highest BCUT2D eigenvalue weighted by atomic mass is 35.5. The number of carbonyl (C=O) groups excluding carboxylic acids is 1. The molecule has 0 aliphatic rings. The molecule has 0 saturated carbocycles. The van der Waals surface area contributed by atoms with Crippen molar-refractivity contribution in [2.45, 2.75) is 4.90 Å². The quantitative estimate of drug-likeness (QED) is 0.697. The topological polar surface area (TPSA) is 117 Å². The van der Waals surface area contributed by atoms with Gasteiger partial charge in [-0.3, -0.25) is 5.32 Å². The Morgan fingerprint density at radius 3 is 2.41 bits per heavy atom. The lowest BCUT2D eigenvalue weighted by atomic mass is 10.3. The molecule has 0 spiro atoms. The zero-order chi connectivity index (χ0) is 19.4. The van der Waals surface area contributed by atoms with Gasteiger partial charge in [0.1, 0.15) is 11.6 Å². The standard InChI is InChI=1S/C17H12ClN5O3S/c18-13-6-8-15(9-7-13)27(25,26)22-17(24)21-16-12(10-19)11-20-23(16)14-4-2-1-3-5-14/h1-9,11H,(H2,21,22,24). The maximum absolute atomic E-state index is 12.3. The van der Waals surface area contributed by atoms with Crippen LogP contribution in [0, 0.1) is 11.3 Å². The lowest BCUT2D eigenvalue weighted by Crippen LogP contribution is -2.35. The number of sulfonamides is 1. The number of hydrogen-bond donors (Lipinski definition) is 2. The third-order valence-electron chi connectivity index (χ3n) is 3.47. The largest absolute Gasteiger partial charge is 0.334 e. The van der Waals surface area contributed by atoms with E-state index in [0.717, 1.165) is 0 Å². The number of benzene rings is 2. The molecular weight excluding hydrogens is 390 g/mol. The van der Waals surface area contributed by atoms with Gasteiger partial charge in [0.25, 0.3) is 10.0 Å². The Labute approximate surface area is 160 Å². The van der Waals surface area contributed by atoms with Crippen molar-refractivity contribution in [3.05, 3.63) is 71.4 Å². The summed E-state index contributed by atoms with van der Waals surface area (Å²) in [6.45, 7) is 0. The summed E-state index contributed by atoms with van der Waals surface area (Å²) >= 11 is 5.74. The number of amides is 2. The van der Waals surface area contributed by atoms with Crippen molar-refractivity contribution in [2.24, 2.45) is 0 Å². The number of halogens is 1. The molecule has 27 heavy (non-hydrogen) atoms. The van der Waals surface area contributed by atoms with Crippen molar-refractivity contribution in [1.29, 1.82) is 5.26 Å². The number of anilines is 1. The molecule has 1 heterocycles. The number of nitrogens with zero attached hydrogens (tertiary/aromatic N) is 3. The van der Waals surface area contributed by atoms with E-state index >= 15 is 0 Å². The number of rotatable bonds is 4. The van der Waals surface area contributed by atoms with E-state index < -0.39 is 16.1 Å². The van der Waals surface area contributed by atoms with Crippen LogP contribution in [0.2, 0.25) is 5.02 Å². The lowest BCUT2D eigenvalue weighted by molar-refractivity contribution is 0.256. The van der Waals surface area contributed by atoms with Gasteiger partial charge < -0.3 is 0 Å². The Bertz CT molecular complexity index is 1120. The first-order valence-corrected chi connectivity index (χ1v) is 9.40. The van der Waals surface area contributed by atoms with Crippen LogP contribution in [0.25, 0.3) is 5.69 Å². The van der Waals surface area contributed by atoms with Gasteiger partial charge in [-0.2, -0.15) is 10.4 Å². The van der Waals surface area contributed by atoms with Gasteiger partial charge >= 0.3 is 6.03 Å². The second kappa shape index (κ2) is 7.49. The zero-order valence-corrected chi connectivity index (χ0v) is 15.2. The van der Waals surface area contributed by atoms with Crippen molar-refractivity contribution in [3.8, 4) is 11.8 Å². The summed E-state index contributed by atoms with van der Waals surface area (Å²) in [5, 5.41) is 16.0. The van der Waals surface area contributed by atoms with Gasteiger partial charge in [-0.25, -0.2) is 22.6 Å². The van der Waals surface area contributed by atoms with Crippen LogP contribution >= 0.6 is 11.6 Å². The molecular formula is C17H12ClN5O3S. The summed E-state index contributed by atoms with van der Waals surface area (Å²) in [6, 6.07) is 15.0. The molecule has 0 atom stereocenters. The fourth-order valence-corrected chi connectivity index (χ4v) is 3.28. The Balaban J connectivity index is 1.85. The predicted molar refractivity (Wildman–Crippen MR) is 99.1 cm³/mol. The molecule has 1 aromatic heterocycles. The molecule has 0 bridgehead atoms. The Morgan fingerprint density at radius 2 is 1.78 bits per heavy atom. The number of nitriles is 1. The third kappa shape index (κ3) is 4.08. The van der Waals surface area contributed by atoms with Gasteiger partial charge in [-0.1, -0.05) is 29.8 Å². The minimum absolute atomic E-state index is 0.0486. The van der Waals surface area contributed by atoms with Crippen LogP contribution in [0.4, 0.5) is 10.6 Å². The summed E-state index contributed by atoms with van der Waals surface area (Å²) in [4.78, 5) is 12.1. The monoisotopic (exact) mass is 401 g/mol. The highest BCUT2D eigenvalue weighted by Gasteiger charge is 2.20. The van der Waals surface area contributed by atoms with E-state index in [4.69, 9.17) is 11.6 Å². The molecule has 3 aromatic rings. The SMILES string of the molecule is N#Cc1cnn(-c2ccccc2)c1NC(=O)NS(=O)(=O)c1ccc(Cl)cc1. The molecule has 10 heteroatoms. The second-order valence-electron chi connectivity index (χ2n) is 5.28. The van der Waals surface area contributed by atoms with Crippen LogP contribution in [-0.4, -0.2) is 24.2 Å². The van der Waals surface area contributed by atoms with Crippen molar-refractivity contribution < 1.29 is 13.2 Å². The molecule has 136 valence electrons. The van der Waals surface area contributed by atoms with Gasteiger partial charge in [-0.05, 0) is 36.4 Å². The lowest BCUT2D eigenvalue weighted by Gasteiger charge is -2.11. The number of para-hydroxylation sites is 1. The predicted octanol–water partition coefficient (Wildman–Crippen LogP) is 2.91. The fraction of sp³-hybridized carbons (Fsp3) is 0. The van der Waals surface area contributed by atoms with Gasteiger partial charge in [0.05, 0.1) is 16.8 Å². The summed E-state index contributed by atoms with van der Waals surface area (Å²) in [7, 11) is -4.11. The van der Waals surface area contributed by atoms with E-state index in [1.54, 1.807) is 30.3 Å². The Hall–Kier alpha value is -3.35. The number of aromatic nitrogens is 2. The smallest absolute Gasteiger partial charge is 0.290 e. The van der Waals surface area contributed by atoms with E-state index in [1.807, 2.05) is 10.8 Å². The first-order valence-electron chi connectivity index (χ1n) is 7.53. The van der Waals surface area contributed by atoms with Crippen LogP contribution in [0.15, 0.2) is 65.7 Å². The molecule has 0 saturated heterocycles. The summed E-state index contributed by atoms with van der Waals surface area (Å²) in [6.07, 6.45) is 1.27. The van der Waals surface area contributed by atoms with Gasteiger partial charge in [0, 0.05) is 5.02 Å². The highest BCUT2D eigenvalue weighted by Crippen LogP contribution is 2.20. The average molecular weight is 402 g/mol. The molecule has 2 aromatic carbocycles. The van der Waals surface area contributed by atoms with E-state index in [2.05, 4.69) is 10.4 Å². The molecule has 0 unspecified atom stereocenters. The molecule has 0 aliphatic heterocycles. The highest BCUT2D eigenvalue weighted by molar-refractivity contribution is 7.90. The molecule has 8 nitrogen and oxygen atoms in total. The van der Waals surface area contributed by atoms with Crippen molar-refractivity contribution in [1.82, 2.24) is 14.5 Å². The first-order chi connectivity index (χ1) is 12.9. The number of carbonyl (C=O) groups is 1. The van der Waals surface area contributed by atoms with Crippen LogP contribution in [0.5, 0.6) is 0 Å². The van der Waals surface area contributed by atoms with Gasteiger partial charge in [0.15, 0.2) is 5.82 Å². The Kier molecular flexibility index (Phi) is 5.12. The second-order valence-corrected chi connectivity index (χ2v) is 7.40. The average Bonchev–Trinajstić information content (AvgIpc) is 3.04. The summed E-state index contributed by atoms with van der Waals surface area (Å²) in [5.74, 6) is 0.0486. The summed E-state index contributed by atoms with van der Waals surface area (Å²) in [5.41, 5.74) is 0.674. The van der Waals surface area contributed by atoms with E-state index in [0.29, 0.717) is 10.7 Å². The first kappa shape index (κ1) is 18.4. The van der Waals surface area contributed by atoms with Crippen LogP contribution in [0.1, 0.15) is 5.56 Å². The fourth-order valence-electron chi connectivity index (χ4n) is 2.24. The molecule has 3 rings (SSSR count). The van der Waals surface area contributed by atoms with E-state index in [1.165, 1.54) is 35.1 Å². The number of nitrogens with one attached hydrogen (secondary N) is 2. The van der Waals surface area contributed by atoms with Crippen molar-refractivity contribution in [3.63, 3.8) is 0 Å². The molecule has 0 radical (unpaired) electrons. The van der Waals surface area contributed by atoms with E-state index in [9.17, 15) is 18.5 Å². The minimum Gasteiger partial charge on any atom is -0.290 e. The molecule has 0 fully saturated rings. The van der Waals surface area contributed by atoms with Crippen LogP contribution < -0.4 is 10.0 Å². The number of hydrogen-bond acceptors (Lipinski definition) is 5. The van der Waals surface area contributed by atoms with Crippen molar-refractivity contribution in [2.75, 3.05) is 5.32 Å². The molecule has 0 aliphatic carbocycles. The Morgan fingerprint density at radius 1 is 1.11 bits per heavy atom. The maximum Gasteiger partial charge on any atom is 0.334 e. The third-order valence-corrected chi connectivity index (χ3v) is 5.07. The van der Waals surface area contributed by atoms with Gasteiger partial charge in [0.2, 0.25) is 0 Å². The van der Waals surface area contributed by atoms with Gasteiger partial charge in [-0.15, -0.1) is 0 Å². The van der Waals surface area contributed by atoms with Crippen molar-refractivity contribution >= 4 is 33.5 Å². The molecule has 2 N–H and O–H groups in total. The maximum atomic E-state index is 12.3. The van der Waals surface area contributed by atoms with Crippen LogP contribution in [0.3, 0.4) is 0 Å². The zero-order valence-electron chi connectivity index (χ0n) is 13.6. The minimum atomic E-state index is -4.11. The van der Waals surface area contributed by atoms with E-state index in [-0.39, 0.29) is 16.3 Å². The van der Waals surface area contributed by atoms with Crippen LogP contribution in [-0.2, 0) is 10.0 Å². The normalized spacial score (nSPS) is 10.8. The number of urea groups is 1. The summed E-state index contributed by atoms with van der Waals surface area (Å²) < 4.78 is 27.8. The molecule has 2 amide bonds.